The molecule has 2 rings (SSSR count). The number of halogens is 1. The number of carbonyl (C=O) groups excluding carboxylic acids is 1. The van der Waals surface area contributed by atoms with Gasteiger partial charge in [0.05, 0.1) is 5.56 Å². The number of rotatable bonds is 3. The summed E-state index contributed by atoms with van der Waals surface area (Å²) < 4.78 is 5.57. The SMILES string of the molecule is CN(C)CSC1COc2cc(Cl)ccc2C1=O. The third-order valence-electron chi connectivity index (χ3n) is 2.43. The van der Waals surface area contributed by atoms with Crippen molar-refractivity contribution in [2.24, 2.45) is 0 Å². The molecular weight excluding hydrogens is 258 g/mol. The van der Waals surface area contributed by atoms with E-state index in [1.807, 2.05) is 19.0 Å². The van der Waals surface area contributed by atoms with Gasteiger partial charge >= 0.3 is 0 Å². The Bertz CT molecular complexity index is 437. The molecule has 0 spiro atoms. The lowest BCUT2D eigenvalue weighted by molar-refractivity contribution is 0.0943. The van der Waals surface area contributed by atoms with Crippen LogP contribution < -0.4 is 4.74 Å². The number of Topliss-reactive ketones (excluding diaryl/α,β-unsaturated/α-hetero) is 1. The van der Waals surface area contributed by atoms with E-state index in [9.17, 15) is 4.79 Å². The molecule has 0 aromatic heterocycles. The Morgan fingerprint density at radius 3 is 3.00 bits per heavy atom. The quantitative estimate of drug-likeness (QED) is 0.790. The Kier molecular flexibility index (Phi) is 3.97. The summed E-state index contributed by atoms with van der Waals surface area (Å²) in [5.41, 5.74) is 0.636. The van der Waals surface area contributed by atoms with Crippen LogP contribution in [0.15, 0.2) is 18.2 Å². The van der Waals surface area contributed by atoms with Gasteiger partial charge in [-0.25, -0.2) is 0 Å². The molecule has 1 aromatic rings. The van der Waals surface area contributed by atoms with Crippen LogP contribution in [0.1, 0.15) is 10.4 Å². The second-order valence-electron chi connectivity index (χ2n) is 4.18. The molecule has 1 atom stereocenters. The fraction of sp³-hybridized carbons (Fsp3) is 0.417. The van der Waals surface area contributed by atoms with Gasteiger partial charge in [-0.3, -0.25) is 4.79 Å². The highest BCUT2D eigenvalue weighted by Crippen LogP contribution is 2.31. The van der Waals surface area contributed by atoms with E-state index in [1.54, 1.807) is 30.0 Å². The van der Waals surface area contributed by atoms with Gasteiger partial charge in [0.15, 0.2) is 5.78 Å². The predicted molar refractivity (Wildman–Crippen MR) is 71.2 cm³/mol. The Hall–Kier alpha value is -0.710. The van der Waals surface area contributed by atoms with Crippen molar-refractivity contribution in [2.75, 3.05) is 26.6 Å². The number of thioether (sulfide) groups is 1. The molecule has 0 bridgehead atoms. The van der Waals surface area contributed by atoms with E-state index in [4.69, 9.17) is 16.3 Å². The minimum atomic E-state index is -0.119. The standard InChI is InChI=1S/C12H14ClNO2S/c1-14(2)7-17-11-6-16-10-5-8(13)3-4-9(10)12(11)15/h3-5,11H,6-7H2,1-2H3. The molecule has 5 heteroatoms. The highest BCUT2D eigenvalue weighted by atomic mass is 35.5. The number of nitrogens with zero attached hydrogens (tertiary/aromatic N) is 1. The van der Waals surface area contributed by atoms with E-state index >= 15 is 0 Å². The summed E-state index contributed by atoms with van der Waals surface area (Å²) in [6.45, 7) is 0.421. The van der Waals surface area contributed by atoms with Gasteiger partial charge in [-0.2, -0.15) is 0 Å². The maximum absolute atomic E-state index is 12.2. The lowest BCUT2D eigenvalue weighted by atomic mass is 10.1. The first kappa shape index (κ1) is 12.7. The van der Waals surface area contributed by atoms with Crippen LogP contribution in [-0.4, -0.2) is 42.5 Å². The molecule has 0 radical (unpaired) electrons. The minimum absolute atomic E-state index is 0.119. The van der Waals surface area contributed by atoms with Crippen molar-refractivity contribution in [1.29, 1.82) is 0 Å². The predicted octanol–water partition coefficient (Wildman–Crippen LogP) is 2.54. The smallest absolute Gasteiger partial charge is 0.183 e. The summed E-state index contributed by atoms with van der Waals surface area (Å²) in [6.07, 6.45) is 0. The molecule has 0 fully saturated rings. The van der Waals surface area contributed by atoms with Crippen molar-refractivity contribution in [3.63, 3.8) is 0 Å². The zero-order valence-corrected chi connectivity index (χ0v) is 11.3. The van der Waals surface area contributed by atoms with Crippen LogP contribution in [0, 0.1) is 0 Å². The zero-order chi connectivity index (χ0) is 12.4. The molecule has 0 N–H and O–H groups in total. The third kappa shape index (κ3) is 2.94. The first-order valence-electron chi connectivity index (χ1n) is 5.31. The topological polar surface area (TPSA) is 29.5 Å². The molecule has 1 heterocycles. The van der Waals surface area contributed by atoms with Crippen LogP contribution in [0.3, 0.4) is 0 Å². The molecule has 17 heavy (non-hydrogen) atoms. The summed E-state index contributed by atoms with van der Waals surface area (Å²) in [7, 11) is 3.96. The highest BCUT2D eigenvalue weighted by Gasteiger charge is 2.29. The van der Waals surface area contributed by atoms with E-state index in [0.29, 0.717) is 22.9 Å². The van der Waals surface area contributed by atoms with Crippen molar-refractivity contribution in [1.82, 2.24) is 4.90 Å². The molecule has 0 saturated heterocycles. The number of carbonyl (C=O) groups is 1. The summed E-state index contributed by atoms with van der Waals surface area (Å²) in [5, 5.41) is 0.474. The average molecular weight is 272 g/mol. The number of hydrogen-bond donors (Lipinski definition) is 0. The molecular formula is C12H14ClNO2S. The number of fused-ring (bicyclic) bond motifs is 1. The monoisotopic (exact) mass is 271 g/mol. The van der Waals surface area contributed by atoms with Gasteiger partial charge in [0.1, 0.15) is 17.6 Å². The minimum Gasteiger partial charge on any atom is -0.491 e. The number of hydrogen-bond acceptors (Lipinski definition) is 4. The molecule has 0 saturated carbocycles. The summed E-state index contributed by atoms with van der Waals surface area (Å²) in [5.74, 6) is 1.54. The molecule has 92 valence electrons. The van der Waals surface area contributed by atoms with Gasteiger partial charge in [-0.05, 0) is 32.3 Å². The van der Waals surface area contributed by atoms with Crippen molar-refractivity contribution in [2.45, 2.75) is 5.25 Å². The number of benzene rings is 1. The summed E-state index contributed by atoms with van der Waals surface area (Å²) >= 11 is 7.46. The fourth-order valence-corrected chi connectivity index (χ4v) is 2.68. The van der Waals surface area contributed by atoms with Gasteiger partial charge in [0, 0.05) is 10.9 Å². The van der Waals surface area contributed by atoms with Gasteiger partial charge in [-0.1, -0.05) is 11.6 Å². The zero-order valence-electron chi connectivity index (χ0n) is 9.77. The second kappa shape index (κ2) is 5.29. The number of ketones is 1. The van der Waals surface area contributed by atoms with E-state index in [0.717, 1.165) is 5.88 Å². The Morgan fingerprint density at radius 1 is 1.53 bits per heavy atom. The second-order valence-corrected chi connectivity index (χ2v) is 5.78. The largest absolute Gasteiger partial charge is 0.491 e. The molecule has 1 aliphatic rings. The van der Waals surface area contributed by atoms with Gasteiger partial charge < -0.3 is 9.64 Å². The molecule has 0 aliphatic carbocycles. The van der Waals surface area contributed by atoms with Crippen LogP contribution in [0.4, 0.5) is 0 Å². The first-order chi connectivity index (χ1) is 8.08. The highest BCUT2D eigenvalue weighted by molar-refractivity contribution is 8.00. The molecule has 3 nitrogen and oxygen atoms in total. The first-order valence-corrected chi connectivity index (χ1v) is 6.73. The van der Waals surface area contributed by atoms with E-state index in [2.05, 4.69) is 0 Å². The lowest BCUT2D eigenvalue weighted by Gasteiger charge is -2.24. The van der Waals surface area contributed by atoms with Gasteiger partial charge in [-0.15, -0.1) is 11.8 Å². The van der Waals surface area contributed by atoms with Crippen molar-refractivity contribution < 1.29 is 9.53 Å². The maximum atomic E-state index is 12.2. The maximum Gasteiger partial charge on any atom is 0.183 e. The fourth-order valence-electron chi connectivity index (χ4n) is 1.60. The van der Waals surface area contributed by atoms with Crippen molar-refractivity contribution in [3.8, 4) is 5.75 Å². The van der Waals surface area contributed by atoms with E-state index in [-0.39, 0.29) is 11.0 Å². The third-order valence-corrected chi connectivity index (χ3v) is 4.08. The van der Waals surface area contributed by atoms with Crippen LogP contribution >= 0.6 is 23.4 Å². The van der Waals surface area contributed by atoms with E-state index in [1.165, 1.54) is 0 Å². The van der Waals surface area contributed by atoms with Crippen LogP contribution in [0.25, 0.3) is 0 Å². The molecule has 1 unspecified atom stereocenters. The molecule has 1 aliphatic heterocycles. The van der Waals surface area contributed by atoms with Crippen LogP contribution in [0.2, 0.25) is 5.02 Å². The molecule has 1 aromatic carbocycles. The van der Waals surface area contributed by atoms with Gasteiger partial charge in [0.2, 0.25) is 0 Å². The number of ether oxygens (including phenoxy) is 1. The average Bonchev–Trinajstić information content (AvgIpc) is 2.27. The normalized spacial score (nSPS) is 19.1. The van der Waals surface area contributed by atoms with Crippen LogP contribution in [-0.2, 0) is 0 Å². The molecule has 0 amide bonds. The van der Waals surface area contributed by atoms with Crippen molar-refractivity contribution >= 4 is 29.1 Å². The Labute approximate surface area is 110 Å². The van der Waals surface area contributed by atoms with Crippen molar-refractivity contribution in [3.05, 3.63) is 28.8 Å². The summed E-state index contributed by atoms with van der Waals surface area (Å²) in [6, 6.07) is 5.16. The summed E-state index contributed by atoms with van der Waals surface area (Å²) in [4.78, 5) is 14.2. The lowest BCUT2D eigenvalue weighted by Crippen LogP contribution is -2.31. The Morgan fingerprint density at radius 2 is 2.29 bits per heavy atom. The van der Waals surface area contributed by atoms with Crippen LogP contribution in [0.5, 0.6) is 5.75 Å². The Balaban J connectivity index is 2.13. The van der Waals surface area contributed by atoms with E-state index < -0.39 is 0 Å². The van der Waals surface area contributed by atoms with Gasteiger partial charge in [0.25, 0.3) is 0 Å².